The Kier molecular flexibility index (Phi) is 6.13. The topological polar surface area (TPSA) is 24.5 Å². The monoisotopic (exact) mass is 316 g/mol. The second kappa shape index (κ2) is 8.09. The van der Waals surface area contributed by atoms with Crippen molar-refractivity contribution in [1.82, 2.24) is 10.2 Å². The van der Waals surface area contributed by atoms with Gasteiger partial charge in [0.05, 0.1) is 7.11 Å². The molecule has 1 atom stereocenters. The molecule has 0 saturated heterocycles. The molecular formula is C19H25FN2O. The average molecular weight is 316 g/mol. The van der Waals surface area contributed by atoms with Crippen molar-refractivity contribution in [2.24, 2.45) is 0 Å². The quantitative estimate of drug-likeness (QED) is 0.845. The highest BCUT2D eigenvalue weighted by Gasteiger charge is 2.14. The summed E-state index contributed by atoms with van der Waals surface area (Å²) < 4.78 is 18.5. The first-order chi connectivity index (χ1) is 11.0. The lowest BCUT2D eigenvalue weighted by Gasteiger charge is -2.25. The molecule has 0 amide bonds. The SMILES string of the molecule is COc1ccc(C)cc1CNCC(c1ccc(F)cc1)N(C)C. The van der Waals surface area contributed by atoms with E-state index in [0.717, 1.165) is 30.0 Å². The van der Waals surface area contributed by atoms with Crippen LogP contribution in [-0.2, 0) is 6.54 Å². The van der Waals surface area contributed by atoms with Crippen LogP contribution in [0.15, 0.2) is 42.5 Å². The van der Waals surface area contributed by atoms with Gasteiger partial charge < -0.3 is 15.0 Å². The minimum absolute atomic E-state index is 0.186. The highest BCUT2D eigenvalue weighted by Crippen LogP contribution is 2.21. The Morgan fingerprint density at radius 2 is 1.83 bits per heavy atom. The van der Waals surface area contributed by atoms with Crippen molar-refractivity contribution in [3.8, 4) is 5.75 Å². The van der Waals surface area contributed by atoms with E-state index in [9.17, 15) is 4.39 Å². The zero-order chi connectivity index (χ0) is 16.8. The van der Waals surface area contributed by atoms with Crippen molar-refractivity contribution in [2.45, 2.75) is 19.5 Å². The minimum Gasteiger partial charge on any atom is -0.496 e. The maximum Gasteiger partial charge on any atom is 0.123 e. The summed E-state index contributed by atoms with van der Waals surface area (Å²) in [5.41, 5.74) is 3.45. The van der Waals surface area contributed by atoms with Crippen LogP contribution in [0.25, 0.3) is 0 Å². The number of halogens is 1. The van der Waals surface area contributed by atoms with Crippen LogP contribution in [0.2, 0.25) is 0 Å². The van der Waals surface area contributed by atoms with Crippen LogP contribution in [0.1, 0.15) is 22.7 Å². The largest absolute Gasteiger partial charge is 0.496 e. The zero-order valence-electron chi connectivity index (χ0n) is 14.3. The normalized spacial score (nSPS) is 12.4. The number of rotatable bonds is 7. The fourth-order valence-electron chi connectivity index (χ4n) is 2.67. The lowest BCUT2D eigenvalue weighted by atomic mass is 10.1. The van der Waals surface area contributed by atoms with Crippen molar-refractivity contribution in [1.29, 1.82) is 0 Å². The number of nitrogens with zero attached hydrogens (tertiary/aromatic N) is 1. The van der Waals surface area contributed by atoms with Gasteiger partial charge in [0.25, 0.3) is 0 Å². The van der Waals surface area contributed by atoms with E-state index in [4.69, 9.17) is 4.74 Å². The lowest BCUT2D eigenvalue weighted by molar-refractivity contribution is 0.287. The number of hydrogen-bond donors (Lipinski definition) is 1. The van der Waals surface area contributed by atoms with E-state index >= 15 is 0 Å². The molecule has 0 radical (unpaired) electrons. The van der Waals surface area contributed by atoms with Crippen molar-refractivity contribution >= 4 is 0 Å². The molecule has 0 aliphatic carbocycles. The van der Waals surface area contributed by atoms with Crippen LogP contribution in [-0.4, -0.2) is 32.6 Å². The van der Waals surface area contributed by atoms with Gasteiger partial charge in [-0.05, 0) is 44.8 Å². The molecule has 3 nitrogen and oxygen atoms in total. The molecule has 0 fully saturated rings. The third-order valence-corrected chi connectivity index (χ3v) is 3.97. The van der Waals surface area contributed by atoms with Crippen LogP contribution in [0.4, 0.5) is 4.39 Å². The Bertz CT molecular complexity index is 626. The molecule has 23 heavy (non-hydrogen) atoms. The van der Waals surface area contributed by atoms with Crippen LogP contribution in [0.3, 0.4) is 0 Å². The van der Waals surface area contributed by atoms with Gasteiger partial charge in [-0.2, -0.15) is 0 Å². The van der Waals surface area contributed by atoms with Gasteiger partial charge in [0.1, 0.15) is 11.6 Å². The van der Waals surface area contributed by atoms with E-state index < -0.39 is 0 Å². The number of benzene rings is 2. The highest BCUT2D eigenvalue weighted by molar-refractivity contribution is 5.36. The zero-order valence-corrected chi connectivity index (χ0v) is 14.3. The van der Waals surface area contributed by atoms with Crippen molar-refractivity contribution < 1.29 is 9.13 Å². The van der Waals surface area contributed by atoms with Crippen molar-refractivity contribution in [2.75, 3.05) is 27.7 Å². The summed E-state index contributed by atoms with van der Waals surface area (Å²) in [5, 5.41) is 3.48. The maximum absolute atomic E-state index is 13.1. The van der Waals surface area contributed by atoms with Gasteiger partial charge in [0, 0.05) is 24.7 Å². The van der Waals surface area contributed by atoms with Gasteiger partial charge in [0.2, 0.25) is 0 Å². The number of hydrogen-bond acceptors (Lipinski definition) is 3. The van der Waals surface area contributed by atoms with Gasteiger partial charge in [-0.3, -0.25) is 0 Å². The number of nitrogens with one attached hydrogen (secondary N) is 1. The Hall–Kier alpha value is -1.91. The van der Waals surface area contributed by atoms with Gasteiger partial charge in [0.15, 0.2) is 0 Å². The highest BCUT2D eigenvalue weighted by atomic mass is 19.1. The molecule has 0 spiro atoms. The lowest BCUT2D eigenvalue weighted by Crippen LogP contribution is -2.30. The second-order valence-electron chi connectivity index (χ2n) is 5.98. The van der Waals surface area contributed by atoms with Crippen LogP contribution >= 0.6 is 0 Å². The molecule has 0 heterocycles. The first-order valence-corrected chi connectivity index (χ1v) is 7.77. The smallest absolute Gasteiger partial charge is 0.123 e. The number of likely N-dealkylation sites (N-methyl/N-ethyl adjacent to an activating group) is 1. The molecule has 4 heteroatoms. The van der Waals surface area contributed by atoms with Crippen molar-refractivity contribution in [3.63, 3.8) is 0 Å². The fourth-order valence-corrected chi connectivity index (χ4v) is 2.67. The van der Waals surface area contributed by atoms with Crippen molar-refractivity contribution in [3.05, 3.63) is 65.0 Å². The predicted molar refractivity (Wildman–Crippen MR) is 92.3 cm³/mol. The van der Waals surface area contributed by atoms with E-state index in [1.165, 1.54) is 17.7 Å². The summed E-state index contributed by atoms with van der Waals surface area (Å²) in [6, 6.07) is 13.1. The van der Waals surface area contributed by atoms with Gasteiger partial charge >= 0.3 is 0 Å². The summed E-state index contributed by atoms with van der Waals surface area (Å²) in [6.07, 6.45) is 0. The predicted octanol–water partition coefficient (Wildman–Crippen LogP) is 3.54. The molecule has 0 aromatic heterocycles. The molecule has 2 aromatic carbocycles. The molecular weight excluding hydrogens is 291 g/mol. The minimum atomic E-state index is -0.205. The average Bonchev–Trinajstić information content (AvgIpc) is 2.52. The number of methoxy groups -OCH3 is 1. The molecule has 124 valence electrons. The van der Waals surface area contributed by atoms with Gasteiger partial charge in [-0.1, -0.05) is 29.8 Å². The second-order valence-corrected chi connectivity index (χ2v) is 5.98. The number of ether oxygens (including phenoxy) is 1. The molecule has 0 bridgehead atoms. The number of aryl methyl sites for hydroxylation is 1. The van der Waals surface area contributed by atoms with E-state index in [0.29, 0.717) is 0 Å². The van der Waals surface area contributed by atoms with Crippen LogP contribution < -0.4 is 10.1 Å². The third-order valence-electron chi connectivity index (χ3n) is 3.97. The summed E-state index contributed by atoms with van der Waals surface area (Å²) in [5.74, 6) is 0.690. The first kappa shape index (κ1) is 17.4. The van der Waals surface area contributed by atoms with Crippen LogP contribution in [0.5, 0.6) is 5.75 Å². The maximum atomic E-state index is 13.1. The molecule has 0 saturated carbocycles. The van der Waals surface area contributed by atoms with E-state index in [1.807, 2.05) is 38.4 Å². The Balaban J connectivity index is 2.03. The molecule has 2 rings (SSSR count). The standard InChI is InChI=1S/C19H25FN2O/c1-14-5-10-19(23-4)16(11-14)12-21-13-18(22(2)3)15-6-8-17(20)9-7-15/h5-11,18,21H,12-13H2,1-4H3. The summed E-state index contributed by atoms with van der Waals surface area (Å²) >= 11 is 0. The van der Waals surface area contributed by atoms with E-state index in [-0.39, 0.29) is 11.9 Å². The van der Waals surface area contributed by atoms with E-state index in [1.54, 1.807) is 7.11 Å². The summed E-state index contributed by atoms with van der Waals surface area (Å²) in [6.45, 7) is 3.58. The van der Waals surface area contributed by atoms with Gasteiger partial charge in [-0.25, -0.2) is 4.39 Å². The van der Waals surface area contributed by atoms with Crippen LogP contribution in [0, 0.1) is 12.7 Å². The molecule has 2 aromatic rings. The Morgan fingerprint density at radius 3 is 2.43 bits per heavy atom. The molecule has 0 aliphatic heterocycles. The molecule has 0 aliphatic rings. The van der Waals surface area contributed by atoms with E-state index in [2.05, 4.69) is 23.2 Å². The van der Waals surface area contributed by atoms with Gasteiger partial charge in [-0.15, -0.1) is 0 Å². The fraction of sp³-hybridized carbons (Fsp3) is 0.368. The first-order valence-electron chi connectivity index (χ1n) is 7.77. The third kappa shape index (κ3) is 4.78. The summed E-state index contributed by atoms with van der Waals surface area (Å²) in [7, 11) is 5.75. The molecule has 1 unspecified atom stereocenters. The Labute approximate surface area is 138 Å². The molecule has 1 N–H and O–H groups in total. The Morgan fingerprint density at radius 1 is 1.13 bits per heavy atom. The summed E-state index contributed by atoms with van der Waals surface area (Å²) in [4.78, 5) is 2.13.